The van der Waals surface area contributed by atoms with Gasteiger partial charge in [0.25, 0.3) is 0 Å². The van der Waals surface area contributed by atoms with Crippen molar-refractivity contribution in [3.8, 4) is 0 Å². The van der Waals surface area contributed by atoms with Gasteiger partial charge in [0.2, 0.25) is 11.0 Å². The first-order valence-electron chi connectivity index (χ1n) is 8.30. The normalized spacial score (nSPS) is 17.1. The highest BCUT2D eigenvalue weighted by Crippen LogP contribution is 2.27. The van der Waals surface area contributed by atoms with Crippen molar-refractivity contribution in [3.05, 3.63) is 22.6 Å². The molecule has 0 aliphatic carbocycles. The second-order valence-corrected chi connectivity index (χ2v) is 7.05. The molecule has 0 spiro atoms. The molecule has 1 atom stereocenters. The second kappa shape index (κ2) is 7.83. The van der Waals surface area contributed by atoms with Gasteiger partial charge >= 0.3 is 0 Å². The van der Waals surface area contributed by atoms with Crippen LogP contribution in [0.25, 0.3) is 0 Å². The Morgan fingerprint density at radius 3 is 3.00 bits per heavy atom. The number of hydrogen-bond donors (Lipinski definition) is 1. The molecule has 0 radical (unpaired) electrons. The molecule has 2 aromatic rings. The number of nitrogens with zero attached hydrogens (tertiary/aromatic N) is 5. The van der Waals surface area contributed by atoms with Crippen LogP contribution < -0.4 is 5.32 Å². The molecule has 3 heterocycles. The molecule has 2 aromatic heterocycles. The standard InChI is InChI=1S/C16H22N6O2S/c1-4-13-20-21-16(25-13)19-12-7-10(2)17-15(18-12)11-5-6-22(8-11)14(23)9-24-3/h7,11H,4-6,8-9H2,1-3H3,(H,17,18,19,21)/t11-/m1/s1. The summed E-state index contributed by atoms with van der Waals surface area (Å²) in [5.74, 6) is 1.62. The van der Waals surface area contributed by atoms with E-state index in [0.29, 0.717) is 18.9 Å². The molecular formula is C16H22N6O2S. The molecule has 1 N–H and O–H groups in total. The molecule has 1 aliphatic heterocycles. The Bertz CT molecular complexity index is 750. The lowest BCUT2D eigenvalue weighted by atomic mass is 10.1. The summed E-state index contributed by atoms with van der Waals surface area (Å²) in [5, 5.41) is 13.2. The number of ether oxygens (including phenoxy) is 1. The van der Waals surface area contributed by atoms with Gasteiger partial charge < -0.3 is 15.0 Å². The highest BCUT2D eigenvalue weighted by molar-refractivity contribution is 7.15. The topological polar surface area (TPSA) is 93.1 Å². The van der Waals surface area contributed by atoms with Crippen LogP contribution in [0.4, 0.5) is 10.9 Å². The second-order valence-electron chi connectivity index (χ2n) is 5.99. The van der Waals surface area contributed by atoms with Crippen LogP contribution in [0.2, 0.25) is 0 Å². The molecule has 1 aliphatic rings. The molecule has 134 valence electrons. The van der Waals surface area contributed by atoms with Gasteiger partial charge in [-0.1, -0.05) is 18.3 Å². The number of carbonyl (C=O) groups excluding carboxylic acids is 1. The van der Waals surface area contributed by atoms with E-state index in [2.05, 4.69) is 25.5 Å². The first-order chi connectivity index (χ1) is 12.1. The molecule has 1 saturated heterocycles. The molecule has 9 heteroatoms. The lowest BCUT2D eigenvalue weighted by molar-refractivity contribution is -0.134. The van der Waals surface area contributed by atoms with Crippen molar-refractivity contribution in [2.45, 2.75) is 32.6 Å². The summed E-state index contributed by atoms with van der Waals surface area (Å²) < 4.78 is 4.93. The van der Waals surface area contributed by atoms with Crippen LogP contribution in [0.15, 0.2) is 6.07 Å². The predicted molar refractivity (Wildman–Crippen MR) is 95.2 cm³/mol. The third-order valence-corrected chi connectivity index (χ3v) is 5.03. The number of likely N-dealkylation sites (tertiary alicyclic amines) is 1. The average molecular weight is 362 g/mol. The Hall–Kier alpha value is -2.13. The van der Waals surface area contributed by atoms with Gasteiger partial charge in [-0.15, -0.1) is 10.2 Å². The maximum Gasteiger partial charge on any atom is 0.248 e. The summed E-state index contributed by atoms with van der Waals surface area (Å²) in [7, 11) is 1.53. The van der Waals surface area contributed by atoms with E-state index in [1.54, 1.807) is 0 Å². The molecule has 0 aromatic carbocycles. The highest BCUT2D eigenvalue weighted by Gasteiger charge is 2.29. The SMILES string of the molecule is CCc1nnc(Nc2cc(C)nc([C@@H]3CCN(C(=O)COC)C3)n2)s1. The van der Waals surface area contributed by atoms with Crippen LogP contribution in [0.5, 0.6) is 0 Å². The monoisotopic (exact) mass is 362 g/mol. The molecule has 1 amide bonds. The van der Waals surface area contributed by atoms with Crippen LogP contribution in [0, 0.1) is 6.92 Å². The van der Waals surface area contributed by atoms with Gasteiger partial charge in [0.15, 0.2) is 0 Å². The van der Waals surface area contributed by atoms with Crippen molar-refractivity contribution in [2.24, 2.45) is 0 Å². The van der Waals surface area contributed by atoms with Crippen molar-refractivity contribution in [1.82, 2.24) is 25.1 Å². The predicted octanol–water partition coefficient (Wildman–Crippen LogP) is 1.90. The maximum absolute atomic E-state index is 12.0. The van der Waals surface area contributed by atoms with Crippen molar-refractivity contribution in [1.29, 1.82) is 0 Å². The molecule has 0 bridgehead atoms. The number of rotatable bonds is 6. The van der Waals surface area contributed by atoms with Crippen LogP contribution in [0.1, 0.15) is 35.8 Å². The van der Waals surface area contributed by atoms with Crippen molar-refractivity contribution >= 4 is 28.2 Å². The van der Waals surface area contributed by atoms with Gasteiger partial charge in [-0.25, -0.2) is 9.97 Å². The van der Waals surface area contributed by atoms with E-state index < -0.39 is 0 Å². The van der Waals surface area contributed by atoms with E-state index >= 15 is 0 Å². The van der Waals surface area contributed by atoms with Gasteiger partial charge in [0.05, 0.1) is 0 Å². The van der Waals surface area contributed by atoms with Crippen molar-refractivity contribution in [3.63, 3.8) is 0 Å². The lowest BCUT2D eigenvalue weighted by Crippen LogP contribution is -2.31. The van der Waals surface area contributed by atoms with E-state index in [0.717, 1.165) is 34.5 Å². The highest BCUT2D eigenvalue weighted by atomic mass is 32.1. The van der Waals surface area contributed by atoms with Crippen LogP contribution in [-0.2, 0) is 16.0 Å². The van der Waals surface area contributed by atoms with E-state index in [1.165, 1.54) is 18.4 Å². The van der Waals surface area contributed by atoms with Gasteiger partial charge in [0.1, 0.15) is 23.3 Å². The summed E-state index contributed by atoms with van der Waals surface area (Å²) in [5.41, 5.74) is 0.884. The summed E-state index contributed by atoms with van der Waals surface area (Å²) in [6.07, 6.45) is 1.72. The third kappa shape index (κ3) is 4.29. The van der Waals surface area contributed by atoms with Crippen LogP contribution >= 0.6 is 11.3 Å². The largest absolute Gasteiger partial charge is 0.375 e. The fourth-order valence-electron chi connectivity index (χ4n) is 2.81. The molecule has 1 fully saturated rings. The number of carbonyl (C=O) groups is 1. The van der Waals surface area contributed by atoms with Crippen molar-refractivity contribution in [2.75, 3.05) is 32.1 Å². The number of aromatic nitrogens is 4. The Morgan fingerprint density at radius 1 is 1.44 bits per heavy atom. The quantitative estimate of drug-likeness (QED) is 0.839. The summed E-state index contributed by atoms with van der Waals surface area (Å²) in [6, 6.07) is 1.89. The van der Waals surface area contributed by atoms with E-state index in [4.69, 9.17) is 4.74 Å². The Balaban J connectivity index is 1.72. The Labute approximate surface area is 150 Å². The van der Waals surface area contributed by atoms with Gasteiger partial charge in [0, 0.05) is 37.9 Å². The maximum atomic E-state index is 12.0. The van der Waals surface area contributed by atoms with E-state index in [9.17, 15) is 4.79 Å². The number of methoxy groups -OCH3 is 1. The number of hydrogen-bond acceptors (Lipinski definition) is 8. The van der Waals surface area contributed by atoms with Gasteiger partial charge in [-0.3, -0.25) is 4.79 Å². The zero-order valence-corrected chi connectivity index (χ0v) is 15.5. The Morgan fingerprint density at radius 2 is 2.28 bits per heavy atom. The minimum Gasteiger partial charge on any atom is -0.375 e. The van der Waals surface area contributed by atoms with E-state index in [-0.39, 0.29) is 18.4 Å². The van der Waals surface area contributed by atoms with Gasteiger partial charge in [-0.05, 0) is 19.8 Å². The molecular weight excluding hydrogens is 340 g/mol. The summed E-state index contributed by atoms with van der Waals surface area (Å²) in [4.78, 5) is 23.0. The fraction of sp³-hybridized carbons (Fsp3) is 0.562. The lowest BCUT2D eigenvalue weighted by Gasteiger charge is -2.16. The van der Waals surface area contributed by atoms with E-state index in [1.807, 2.05) is 24.8 Å². The molecule has 0 saturated carbocycles. The zero-order valence-electron chi connectivity index (χ0n) is 14.7. The number of anilines is 2. The summed E-state index contributed by atoms with van der Waals surface area (Å²) >= 11 is 1.52. The minimum atomic E-state index is 0.0111. The number of amides is 1. The van der Waals surface area contributed by atoms with Gasteiger partial charge in [-0.2, -0.15) is 0 Å². The number of aryl methyl sites for hydroxylation is 2. The summed E-state index contributed by atoms with van der Waals surface area (Å²) in [6.45, 7) is 5.45. The smallest absolute Gasteiger partial charge is 0.248 e. The van der Waals surface area contributed by atoms with Crippen LogP contribution in [-0.4, -0.2) is 57.8 Å². The fourth-order valence-corrected chi connectivity index (χ4v) is 3.49. The average Bonchev–Trinajstić information content (AvgIpc) is 3.23. The molecule has 3 rings (SSSR count). The molecule has 0 unspecified atom stereocenters. The molecule has 8 nitrogen and oxygen atoms in total. The molecule has 25 heavy (non-hydrogen) atoms. The zero-order chi connectivity index (χ0) is 17.8. The van der Waals surface area contributed by atoms with Crippen molar-refractivity contribution < 1.29 is 9.53 Å². The number of nitrogens with one attached hydrogen (secondary N) is 1. The Kier molecular flexibility index (Phi) is 5.54. The third-order valence-electron chi connectivity index (χ3n) is 4.05. The first kappa shape index (κ1) is 17.7. The minimum absolute atomic E-state index is 0.0111. The first-order valence-corrected chi connectivity index (χ1v) is 9.12. The van der Waals surface area contributed by atoms with Crippen LogP contribution in [0.3, 0.4) is 0 Å².